The van der Waals surface area contributed by atoms with E-state index in [-0.39, 0.29) is 0 Å². The van der Waals surface area contributed by atoms with Crippen molar-refractivity contribution in [1.29, 1.82) is 0 Å². The topological polar surface area (TPSA) is 33.1 Å². The van der Waals surface area contributed by atoms with Gasteiger partial charge in [-0.1, -0.05) is 23.8 Å². The Morgan fingerprint density at radius 3 is 2.80 bits per heavy atom. The summed E-state index contributed by atoms with van der Waals surface area (Å²) in [5.41, 5.74) is 5.67. The first-order chi connectivity index (χ1) is 7.18. The van der Waals surface area contributed by atoms with Gasteiger partial charge in [0.2, 0.25) is 0 Å². The fourth-order valence-corrected chi connectivity index (χ4v) is 2.14. The lowest BCUT2D eigenvalue weighted by molar-refractivity contribution is 0.215. The summed E-state index contributed by atoms with van der Waals surface area (Å²) in [6.45, 7) is 4.03. The van der Waals surface area contributed by atoms with Crippen LogP contribution in [-0.2, 0) is 0 Å². The van der Waals surface area contributed by atoms with Crippen molar-refractivity contribution in [3.63, 3.8) is 0 Å². The molecule has 1 heterocycles. The zero-order chi connectivity index (χ0) is 10.8. The van der Waals surface area contributed by atoms with Crippen molar-refractivity contribution in [3.8, 4) is 0 Å². The fourth-order valence-electron chi connectivity index (χ4n) is 1.57. The van der Waals surface area contributed by atoms with Gasteiger partial charge in [0, 0.05) is 5.38 Å². The van der Waals surface area contributed by atoms with Gasteiger partial charge in [-0.3, -0.25) is 0 Å². The van der Waals surface area contributed by atoms with Crippen molar-refractivity contribution in [2.75, 3.05) is 0 Å². The van der Waals surface area contributed by atoms with E-state index < -0.39 is 6.10 Å². The lowest BCUT2D eigenvalue weighted by Gasteiger charge is -2.12. The number of benzene rings is 1. The molecule has 0 saturated heterocycles. The number of thiazole rings is 1. The van der Waals surface area contributed by atoms with Crippen molar-refractivity contribution in [1.82, 2.24) is 4.98 Å². The molecule has 0 amide bonds. The first-order valence-corrected chi connectivity index (χ1v) is 5.76. The Hall–Kier alpha value is -1.19. The molecule has 0 saturated carbocycles. The molecule has 0 bridgehead atoms. The molecular formula is C12H13NOS. The Bertz CT molecular complexity index is 451. The molecule has 0 aliphatic heterocycles. The average molecular weight is 219 g/mol. The Morgan fingerprint density at radius 1 is 1.33 bits per heavy atom. The third kappa shape index (κ3) is 2.08. The molecule has 15 heavy (non-hydrogen) atoms. The second-order valence-corrected chi connectivity index (χ2v) is 4.39. The molecule has 0 aliphatic rings. The van der Waals surface area contributed by atoms with Gasteiger partial charge in [0.1, 0.15) is 6.10 Å². The van der Waals surface area contributed by atoms with E-state index in [1.165, 1.54) is 11.3 Å². The summed E-state index contributed by atoms with van der Waals surface area (Å²) in [6.07, 6.45) is -0.601. The molecule has 2 aromatic rings. The summed E-state index contributed by atoms with van der Waals surface area (Å²) in [5.74, 6) is 0. The molecule has 1 aromatic heterocycles. The summed E-state index contributed by atoms with van der Waals surface area (Å²) in [7, 11) is 0. The van der Waals surface area contributed by atoms with Crippen LogP contribution in [0.3, 0.4) is 0 Å². The quantitative estimate of drug-likeness (QED) is 0.842. The number of aromatic nitrogens is 1. The second kappa shape index (κ2) is 4.13. The highest BCUT2D eigenvalue weighted by molar-refractivity contribution is 7.07. The standard InChI is InChI=1S/C12H13NOS/c1-8-3-4-9(2)10(5-8)12(14)11-6-15-7-13-11/h3-7,12,14H,1-2H3. The van der Waals surface area contributed by atoms with Crippen LogP contribution >= 0.6 is 11.3 Å². The SMILES string of the molecule is Cc1ccc(C)c(C(O)c2cscn2)c1. The highest BCUT2D eigenvalue weighted by Crippen LogP contribution is 2.25. The van der Waals surface area contributed by atoms with E-state index in [2.05, 4.69) is 4.98 Å². The molecule has 1 aromatic carbocycles. The fraction of sp³-hybridized carbons (Fsp3) is 0.250. The van der Waals surface area contributed by atoms with Crippen molar-refractivity contribution in [2.45, 2.75) is 20.0 Å². The third-order valence-corrected chi connectivity index (χ3v) is 3.07. The number of hydrogen-bond acceptors (Lipinski definition) is 3. The van der Waals surface area contributed by atoms with E-state index >= 15 is 0 Å². The van der Waals surface area contributed by atoms with Crippen molar-refractivity contribution in [3.05, 3.63) is 51.5 Å². The lowest BCUT2D eigenvalue weighted by atomic mass is 9.99. The molecular weight excluding hydrogens is 206 g/mol. The van der Waals surface area contributed by atoms with Gasteiger partial charge in [-0.25, -0.2) is 4.98 Å². The normalized spacial score (nSPS) is 12.7. The maximum Gasteiger partial charge on any atom is 0.122 e. The highest BCUT2D eigenvalue weighted by Gasteiger charge is 2.14. The van der Waals surface area contributed by atoms with Gasteiger partial charge in [0.05, 0.1) is 11.2 Å². The molecule has 78 valence electrons. The Labute approximate surface area is 93.2 Å². The Morgan fingerprint density at radius 2 is 2.13 bits per heavy atom. The zero-order valence-electron chi connectivity index (χ0n) is 8.77. The molecule has 0 aliphatic carbocycles. The molecule has 3 heteroatoms. The van der Waals surface area contributed by atoms with E-state index in [0.717, 1.165) is 22.4 Å². The third-order valence-electron chi connectivity index (χ3n) is 2.46. The van der Waals surface area contributed by atoms with Gasteiger partial charge >= 0.3 is 0 Å². The van der Waals surface area contributed by atoms with Crippen LogP contribution in [0.25, 0.3) is 0 Å². The van der Waals surface area contributed by atoms with Crippen molar-refractivity contribution in [2.24, 2.45) is 0 Å². The van der Waals surface area contributed by atoms with E-state index in [0.29, 0.717) is 0 Å². The highest BCUT2D eigenvalue weighted by atomic mass is 32.1. The summed E-state index contributed by atoms with van der Waals surface area (Å²) >= 11 is 1.50. The number of aryl methyl sites for hydroxylation is 2. The molecule has 1 unspecified atom stereocenters. The van der Waals surface area contributed by atoms with Crippen LogP contribution in [0.5, 0.6) is 0 Å². The second-order valence-electron chi connectivity index (χ2n) is 3.68. The number of rotatable bonds is 2. The van der Waals surface area contributed by atoms with E-state index in [1.807, 2.05) is 37.4 Å². The molecule has 0 fully saturated rings. The lowest BCUT2D eigenvalue weighted by Crippen LogP contribution is -2.02. The van der Waals surface area contributed by atoms with Crippen molar-refractivity contribution < 1.29 is 5.11 Å². The largest absolute Gasteiger partial charge is 0.382 e. The summed E-state index contributed by atoms with van der Waals surface area (Å²) < 4.78 is 0. The summed E-state index contributed by atoms with van der Waals surface area (Å²) in [5, 5.41) is 12.0. The Balaban J connectivity index is 2.41. The van der Waals surface area contributed by atoms with Gasteiger partial charge in [-0.05, 0) is 25.0 Å². The smallest absolute Gasteiger partial charge is 0.122 e. The number of hydrogen-bond donors (Lipinski definition) is 1. The van der Waals surface area contributed by atoms with Crippen LogP contribution in [0.1, 0.15) is 28.5 Å². The minimum atomic E-state index is -0.601. The molecule has 0 radical (unpaired) electrons. The predicted molar refractivity (Wildman–Crippen MR) is 62.1 cm³/mol. The van der Waals surface area contributed by atoms with Gasteiger partial charge in [0.25, 0.3) is 0 Å². The van der Waals surface area contributed by atoms with E-state index in [9.17, 15) is 5.11 Å². The van der Waals surface area contributed by atoms with Crippen molar-refractivity contribution >= 4 is 11.3 Å². The molecule has 2 rings (SSSR count). The number of aliphatic hydroxyl groups is 1. The van der Waals surface area contributed by atoms with Gasteiger partial charge in [-0.15, -0.1) is 11.3 Å². The summed E-state index contributed by atoms with van der Waals surface area (Å²) in [4.78, 5) is 4.13. The van der Waals surface area contributed by atoms with Crippen LogP contribution in [0.15, 0.2) is 29.1 Å². The van der Waals surface area contributed by atoms with Crippen LogP contribution in [0.4, 0.5) is 0 Å². The molecule has 1 N–H and O–H groups in total. The zero-order valence-corrected chi connectivity index (χ0v) is 9.58. The van der Waals surface area contributed by atoms with Crippen LogP contribution < -0.4 is 0 Å². The monoisotopic (exact) mass is 219 g/mol. The van der Waals surface area contributed by atoms with Gasteiger partial charge in [-0.2, -0.15) is 0 Å². The van der Waals surface area contributed by atoms with E-state index in [1.54, 1.807) is 5.51 Å². The van der Waals surface area contributed by atoms with Gasteiger partial charge < -0.3 is 5.11 Å². The van der Waals surface area contributed by atoms with Crippen LogP contribution in [0.2, 0.25) is 0 Å². The van der Waals surface area contributed by atoms with E-state index in [4.69, 9.17) is 0 Å². The Kier molecular flexibility index (Phi) is 2.84. The number of aliphatic hydroxyl groups excluding tert-OH is 1. The minimum Gasteiger partial charge on any atom is -0.382 e. The molecule has 2 nitrogen and oxygen atoms in total. The molecule has 1 atom stereocenters. The first kappa shape index (κ1) is 10.3. The summed E-state index contributed by atoms with van der Waals surface area (Å²) in [6, 6.07) is 6.09. The average Bonchev–Trinajstić information content (AvgIpc) is 2.74. The minimum absolute atomic E-state index is 0.601. The van der Waals surface area contributed by atoms with Gasteiger partial charge in [0.15, 0.2) is 0 Å². The number of nitrogens with zero attached hydrogens (tertiary/aromatic N) is 1. The predicted octanol–water partition coefficient (Wildman–Crippen LogP) is 2.84. The maximum absolute atomic E-state index is 10.1. The maximum atomic E-state index is 10.1. The van der Waals surface area contributed by atoms with Crippen LogP contribution in [-0.4, -0.2) is 10.1 Å². The van der Waals surface area contributed by atoms with Crippen LogP contribution in [0, 0.1) is 13.8 Å². The first-order valence-electron chi connectivity index (χ1n) is 4.82. The molecule has 0 spiro atoms.